The Bertz CT molecular complexity index is 475. The minimum Gasteiger partial charge on any atom is -0.433 e. The number of alkyl halides is 2. The van der Waals surface area contributed by atoms with Crippen molar-refractivity contribution in [1.82, 2.24) is 4.90 Å². The number of rotatable bonds is 6. The first-order valence-corrected chi connectivity index (χ1v) is 6.98. The predicted octanol–water partition coefficient (Wildman–Crippen LogP) is 2.71. The lowest BCUT2D eigenvalue weighted by Gasteiger charge is -2.28. The van der Waals surface area contributed by atoms with E-state index in [4.69, 9.17) is 5.73 Å². The SMILES string of the molecule is Cc1cc(OC(F)F)c(C(=O)N(C)CC(C)(C)CN)s1. The van der Waals surface area contributed by atoms with Crippen molar-refractivity contribution in [2.24, 2.45) is 11.1 Å². The average molecular weight is 306 g/mol. The van der Waals surface area contributed by atoms with E-state index in [1.165, 1.54) is 11.0 Å². The summed E-state index contributed by atoms with van der Waals surface area (Å²) >= 11 is 1.15. The molecule has 0 atom stereocenters. The van der Waals surface area contributed by atoms with E-state index in [9.17, 15) is 13.6 Å². The monoisotopic (exact) mass is 306 g/mol. The van der Waals surface area contributed by atoms with Crippen LogP contribution in [-0.2, 0) is 0 Å². The van der Waals surface area contributed by atoms with Gasteiger partial charge in [0.05, 0.1) is 0 Å². The molecule has 1 heterocycles. The van der Waals surface area contributed by atoms with Crippen molar-refractivity contribution in [2.75, 3.05) is 20.1 Å². The number of thiophene rings is 1. The van der Waals surface area contributed by atoms with Crippen molar-refractivity contribution in [2.45, 2.75) is 27.4 Å². The number of aryl methyl sites for hydroxylation is 1. The minimum absolute atomic E-state index is 0.0649. The van der Waals surface area contributed by atoms with Crippen LogP contribution >= 0.6 is 11.3 Å². The fourth-order valence-electron chi connectivity index (χ4n) is 1.78. The van der Waals surface area contributed by atoms with Gasteiger partial charge in [-0.25, -0.2) is 0 Å². The molecule has 0 aromatic carbocycles. The van der Waals surface area contributed by atoms with E-state index in [1.807, 2.05) is 13.8 Å². The van der Waals surface area contributed by atoms with Gasteiger partial charge in [-0.15, -0.1) is 11.3 Å². The van der Waals surface area contributed by atoms with Crippen molar-refractivity contribution < 1.29 is 18.3 Å². The highest BCUT2D eigenvalue weighted by Gasteiger charge is 2.26. The zero-order valence-corrected chi connectivity index (χ0v) is 12.9. The zero-order valence-electron chi connectivity index (χ0n) is 12.1. The molecule has 0 spiro atoms. The number of hydrogen-bond acceptors (Lipinski definition) is 4. The van der Waals surface area contributed by atoms with Gasteiger partial charge in [-0.1, -0.05) is 13.8 Å². The maximum Gasteiger partial charge on any atom is 0.387 e. The highest BCUT2D eigenvalue weighted by Crippen LogP contribution is 2.31. The minimum atomic E-state index is -2.94. The molecule has 0 aliphatic heterocycles. The van der Waals surface area contributed by atoms with Crippen molar-refractivity contribution in [3.8, 4) is 5.75 Å². The second kappa shape index (κ2) is 6.49. The van der Waals surface area contributed by atoms with Gasteiger partial charge in [0.25, 0.3) is 5.91 Å². The topological polar surface area (TPSA) is 55.6 Å². The van der Waals surface area contributed by atoms with E-state index in [-0.39, 0.29) is 21.9 Å². The number of carbonyl (C=O) groups is 1. The summed E-state index contributed by atoms with van der Waals surface area (Å²) in [5.41, 5.74) is 5.40. The molecule has 4 nitrogen and oxygen atoms in total. The zero-order chi connectivity index (χ0) is 15.5. The van der Waals surface area contributed by atoms with Crippen LogP contribution in [-0.4, -0.2) is 37.6 Å². The highest BCUT2D eigenvalue weighted by atomic mass is 32.1. The van der Waals surface area contributed by atoms with Gasteiger partial charge in [0.15, 0.2) is 0 Å². The fraction of sp³-hybridized carbons (Fsp3) is 0.615. The van der Waals surface area contributed by atoms with Crippen molar-refractivity contribution in [1.29, 1.82) is 0 Å². The lowest BCUT2D eigenvalue weighted by atomic mass is 9.93. The predicted molar refractivity (Wildman–Crippen MR) is 75.5 cm³/mol. The molecule has 2 N–H and O–H groups in total. The third-order valence-electron chi connectivity index (χ3n) is 2.80. The molecule has 0 radical (unpaired) electrons. The van der Waals surface area contributed by atoms with Crippen LogP contribution in [0.4, 0.5) is 8.78 Å². The smallest absolute Gasteiger partial charge is 0.387 e. The number of nitrogens with two attached hydrogens (primary N) is 1. The molecule has 20 heavy (non-hydrogen) atoms. The average Bonchev–Trinajstić information content (AvgIpc) is 2.67. The summed E-state index contributed by atoms with van der Waals surface area (Å²) in [6.45, 7) is 3.53. The summed E-state index contributed by atoms with van der Waals surface area (Å²) in [7, 11) is 1.63. The lowest BCUT2D eigenvalue weighted by molar-refractivity contribution is -0.0499. The van der Waals surface area contributed by atoms with E-state index in [2.05, 4.69) is 4.74 Å². The van der Waals surface area contributed by atoms with Crippen LogP contribution < -0.4 is 10.5 Å². The molecule has 0 unspecified atom stereocenters. The van der Waals surface area contributed by atoms with Crippen LogP contribution in [0.2, 0.25) is 0 Å². The molecule has 0 saturated heterocycles. The molecular weight excluding hydrogens is 286 g/mol. The first-order chi connectivity index (χ1) is 9.16. The maximum absolute atomic E-state index is 12.3. The Kier molecular flexibility index (Phi) is 5.47. The fourth-order valence-corrected chi connectivity index (χ4v) is 2.71. The third kappa shape index (κ3) is 4.42. The molecule has 0 saturated carbocycles. The van der Waals surface area contributed by atoms with E-state index in [1.54, 1.807) is 14.0 Å². The number of amides is 1. The first-order valence-electron chi connectivity index (χ1n) is 6.17. The Labute approximate surface area is 121 Å². The van der Waals surface area contributed by atoms with E-state index in [0.717, 1.165) is 16.2 Å². The molecule has 1 amide bonds. The van der Waals surface area contributed by atoms with Gasteiger partial charge in [-0.05, 0) is 24.9 Å². The quantitative estimate of drug-likeness (QED) is 0.879. The van der Waals surface area contributed by atoms with E-state index >= 15 is 0 Å². The van der Waals surface area contributed by atoms with E-state index < -0.39 is 6.61 Å². The Morgan fingerprint density at radius 3 is 2.65 bits per heavy atom. The van der Waals surface area contributed by atoms with Crippen LogP contribution in [0.5, 0.6) is 5.75 Å². The highest BCUT2D eigenvalue weighted by molar-refractivity contribution is 7.14. The molecule has 114 valence electrons. The molecule has 7 heteroatoms. The first kappa shape index (κ1) is 16.8. The van der Waals surface area contributed by atoms with Crippen LogP contribution in [0.3, 0.4) is 0 Å². The summed E-state index contributed by atoms with van der Waals surface area (Å²) in [5.74, 6) is -0.398. The van der Waals surface area contributed by atoms with E-state index in [0.29, 0.717) is 13.1 Å². The van der Waals surface area contributed by atoms with Gasteiger partial charge in [-0.2, -0.15) is 8.78 Å². The van der Waals surface area contributed by atoms with Gasteiger partial charge in [0.1, 0.15) is 10.6 Å². The van der Waals surface area contributed by atoms with Gasteiger partial charge < -0.3 is 15.4 Å². The number of carbonyl (C=O) groups excluding carboxylic acids is 1. The Balaban J connectivity index is 2.91. The third-order valence-corrected chi connectivity index (χ3v) is 3.82. The molecule has 1 rings (SSSR count). The summed E-state index contributed by atoms with van der Waals surface area (Å²) in [4.78, 5) is 14.7. The second-order valence-corrected chi connectivity index (χ2v) is 6.71. The van der Waals surface area contributed by atoms with Crippen molar-refractivity contribution in [3.05, 3.63) is 15.8 Å². The van der Waals surface area contributed by atoms with Gasteiger partial charge in [0, 0.05) is 18.5 Å². The van der Waals surface area contributed by atoms with Crippen LogP contribution in [0.1, 0.15) is 28.4 Å². The summed E-state index contributed by atoms with van der Waals surface area (Å²) in [6.07, 6.45) is 0. The molecule has 0 aliphatic carbocycles. The molecule has 0 aliphatic rings. The summed E-state index contributed by atoms with van der Waals surface area (Å²) in [6, 6.07) is 1.45. The second-order valence-electron chi connectivity index (χ2n) is 5.46. The number of halogens is 2. The molecule has 0 fully saturated rings. The Morgan fingerprint density at radius 2 is 2.15 bits per heavy atom. The Hall–Kier alpha value is -1.21. The molecule has 1 aromatic rings. The maximum atomic E-state index is 12.3. The van der Waals surface area contributed by atoms with Gasteiger partial charge >= 0.3 is 6.61 Å². The summed E-state index contributed by atoms with van der Waals surface area (Å²) < 4.78 is 29.1. The van der Waals surface area contributed by atoms with Crippen LogP contribution in [0.25, 0.3) is 0 Å². The lowest BCUT2D eigenvalue weighted by Crippen LogP contribution is -2.39. The number of hydrogen-bond donors (Lipinski definition) is 1. The molecular formula is C13H20F2N2O2S. The summed E-state index contributed by atoms with van der Waals surface area (Å²) in [5, 5.41) is 0. The largest absolute Gasteiger partial charge is 0.433 e. The number of nitrogens with zero attached hydrogens (tertiary/aromatic N) is 1. The van der Waals surface area contributed by atoms with Gasteiger partial charge in [-0.3, -0.25) is 4.79 Å². The Morgan fingerprint density at radius 1 is 1.55 bits per heavy atom. The van der Waals surface area contributed by atoms with Gasteiger partial charge in [0.2, 0.25) is 0 Å². The molecule has 0 bridgehead atoms. The number of ether oxygens (including phenoxy) is 1. The molecule has 1 aromatic heterocycles. The van der Waals surface area contributed by atoms with Crippen LogP contribution in [0, 0.1) is 12.3 Å². The van der Waals surface area contributed by atoms with Crippen molar-refractivity contribution >= 4 is 17.2 Å². The standard InChI is InChI=1S/C13H20F2N2O2S/c1-8-5-9(19-12(14)15)10(20-8)11(18)17(4)7-13(2,3)6-16/h5,12H,6-7,16H2,1-4H3. The van der Waals surface area contributed by atoms with Crippen molar-refractivity contribution in [3.63, 3.8) is 0 Å². The van der Waals surface area contributed by atoms with Crippen LogP contribution in [0.15, 0.2) is 6.07 Å². The normalized spacial score (nSPS) is 11.8.